The van der Waals surface area contributed by atoms with E-state index in [1.165, 1.54) is 0 Å². The van der Waals surface area contributed by atoms with Crippen LogP contribution in [0.5, 0.6) is 0 Å². The third-order valence-electron chi connectivity index (χ3n) is 1.67. The zero-order valence-electron chi connectivity index (χ0n) is 8.45. The summed E-state index contributed by atoms with van der Waals surface area (Å²) in [5.41, 5.74) is 0. The molecule has 0 unspecified atom stereocenters. The van der Waals surface area contributed by atoms with E-state index < -0.39 is 5.97 Å². The highest BCUT2D eigenvalue weighted by atomic mass is 16.5. The molecular formula is C9H14N2O3. The Balaban J connectivity index is 2.44. The molecule has 0 amide bonds. The van der Waals surface area contributed by atoms with Gasteiger partial charge < -0.3 is 9.15 Å². The quantitative estimate of drug-likeness (QED) is 0.531. The molecular weight excluding hydrogens is 184 g/mol. The number of carbonyl (C=O) groups is 1. The highest BCUT2D eigenvalue weighted by molar-refractivity contribution is 5.83. The summed E-state index contributed by atoms with van der Waals surface area (Å²) in [7, 11) is 0. The van der Waals surface area contributed by atoms with Crippen molar-refractivity contribution in [3.8, 4) is 0 Å². The minimum absolute atomic E-state index is 0.0575. The van der Waals surface area contributed by atoms with E-state index in [0.29, 0.717) is 18.9 Å². The second-order valence-corrected chi connectivity index (χ2v) is 2.84. The molecule has 0 aromatic carbocycles. The van der Waals surface area contributed by atoms with Gasteiger partial charge in [-0.15, -0.1) is 10.2 Å². The van der Waals surface area contributed by atoms with Gasteiger partial charge in [-0.2, -0.15) is 0 Å². The Labute approximate surface area is 82.5 Å². The van der Waals surface area contributed by atoms with Crippen LogP contribution < -0.4 is 0 Å². The van der Waals surface area contributed by atoms with Gasteiger partial charge in [0, 0.05) is 6.42 Å². The van der Waals surface area contributed by atoms with E-state index in [2.05, 4.69) is 10.2 Å². The number of aryl methyl sites for hydroxylation is 1. The molecule has 5 heteroatoms. The first-order chi connectivity index (χ1) is 6.77. The normalized spacial score (nSPS) is 10.1. The number of unbranched alkanes of at least 4 members (excludes halogenated alkanes) is 1. The lowest BCUT2D eigenvalue weighted by atomic mass is 10.4. The summed E-state index contributed by atoms with van der Waals surface area (Å²) in [6, 6.07) is 0. The van der Waals surface area contributed by atoms with Gasteiger partial charge in [-0.3, -0.25) is 0 Å². The zero-order valence-corrected chi connectivity index (χ0v) is 8.45. The molecule has 1 rings (SSSR count). The Morgan fingerprint density at radius 3 is 2.79 bits per heavy atom. The molecule has 5 nitrogen and oxygen atoms in total. The van der Waals surface area contributed by atoms with Crippen LogP contribution in [0.1, 0.15) is 43.3 Å². The van der Waals surface area contributed by atoms with Crippen molar-refractivity contribution in [2.45, 2.75) is 33.1 Å². The SMILES string of the molecule is CCCCOC(=O)c1nnc(CC)o1. The summed E-state index contributed by atoms with van der Waals surface area (Å²) < 4.78 is 9.92. The van der Waals surface area contributed by atoms with Crippen LogP contribution in [-0.4, -0.2) is 22.8 Å². The second-order valence-electron chi connectivity index (χ2n) is 2.84. The molecule has 14 heavy (non-hydrogen) atoms. The minimum Gasteiger partial charge on any atom is -0.459 e. The molecule has 0 saturated heterocycles. The number of aromatic nitrogens is 2. The van der Waals surface area contributed by atoms with Crippen molar-refractivity contribution in [1.82, 2.24) is 10.2 Å². The molecule has 0 atom stereocenters. The molecule has 0 saturated carbocycles. The number of hydrogen-bond acceptors (Lipinski definition) is 5. The van der Waals surface area contributed by atoms with E-state index in [-0.39, 0.29) is 5.89 Å². The van der Waals surface area contributed by atoms with Crippen LogP contribution in [0.3, 0.4) is 0 Å². The molecule has 0 aliphatic heterocycles. The van der Waals surface area contributed by atoms with Gasteiger partial charge in [-0.1, -0.05) is 20.3 Å². The number of nitrogens with zero attached hydrogens (tertiary/aromatic N) is 2. The monoisotopic (exact) mass is 198 g/mol. The Hall–Kier alpha value is -1.39. The lowest BCUT2D eigenvalue weighted by Crippen LogP contribution is -2.06. The summed E-state index contributed by atoms with van der Waals surface area (Å²) in [6.45, 7) is 4.30. The third kappa shape index (κ3) is 2.83. The summed E-state index contributed by atoms with van der Waals surface area (Å²) in [4.78, 5) is 11.2. The summed E-state index contributed by atoms with van der Waals surface area (Å²) in [5.74, 6) is -0.143. The Kier molecular flexibility index (Phi) is 4.10. The maximum Gasteiger partial charge on any atom is 0.396 e. The predicted octanol–water partition coefficient (Wildman–Crippen LogP) is 1.59. The standard InChI is InChI=1S/C9H14N2O3/c1-3-5-6-13-9(12)8-11-10-7(4-2)14-8/h3-6H2,1-2H3. The van der Waals surface area contributed by atoms with E-state index in [9.17, 15) is 4.79 Å². The molecule has 0 aliphatic carbocycles. The van der Waals surface area contributed by atoms with Crippen molar-refractivity contribution in [3.05, 3.63) is 11.8 Å². The first-order valence-electron chi connectivity index (χ1n) is 4.77. The average Bonchev–Trinajstić information content (AvgIpc) is 2.66. The maximum atomic E-state index is 11.2. The van der Waals surface area contributed by atoms with E-state index in [1.807, 2.05) is 13.8 Å². The van der Waals surface area contributed by atoms with Crippen molar-refractivity contribution >= 4 is 5.97 Å². The molecule has 0 N–H and O–H groups in total. The lowest BCUT2D eigenvalue weighted by Gasteiger charge is -1.98. The maximum absolute atomic E-state index is 11.2. The molecule has 1 heterocycles. The van der Waals surface area contributed by atoms with E-state index >= 15 is 0 Å². The first kappa shape index (κ1) is 10.7. The van der Waals surface area contributed by atoms with Gasteiger partial charge in [0.25, 0.3) is 0 Å². The van der Waals surface area contributed by atoms with Crippen molar-refractivity contribution in [2.24, 2.45) is 0 Å². The van der Waals surface area contributed by atoms with E-state index in [0.717, 1.165) is 12.8 Å². The number of rotatable bonds is 5. The highest BCUT2D eigenvalue weighted by Gasteiger charge is 2.14. The number of hydrogen-bond donors (Lipinski definition) is 0. The van der Waals surface area contributed by atoms with Crippen molar-refractivity contribution in [2.75, 3.05) is 6.61 Å². The zero-order chi connectivity index (χ0) is 10.4. The summed E-state index contributed by atoms with van der Waals surface area (Å²) in [6.07, 6.45) is 2.45. The lowest BCUT2D eigenvalue weighted by molar-refractivity contribution is 0.0452. The average molecular weight is 198 g/mol. The van der Waals surface area contributed by atoms with Crippen LogP contribution in [0.25, 0.3) is 0 Å². The predicted molar refractivity (Wildman–Crippen MR) is 48.9 cm³/mol. The number of esters is 1. The molecule has 0 spiro atoms. The fourth-order valence-corrected chi connectivity index (χ4v) is 0.850. The van der Waals surface area contributed by atoms with Gasteiger partial charge in [0.2, 0.25) is 5.89 Å². The molecule has 0 fully saturated rings. The topological polar surface area (TPSA) is 65.2 Å². The molecule has 1 aromatic rings. The fourth-order valence-electron chi connectivity index (χ4n) is 0.850. The van der Waals surface area contributed by atoms with Crippen LogP contribution in [0.4, 0.5) is 0 Å². The molecule has 78 valence electrons. The smallest absolute Gasteiger partial charge is 0.396 e. The molecule has 0 radical (unpaired) electrons. The summed E-state index contributed by atoms with van der Waals surface area (Å²) in [5, 5.41) is 7.24. The molecule has 0 bridgehead atoms. The highest BCUT2D eigenvalue weighted by Crippen LogP contribution is 2.02. The van der Waals surface area contributed by atoms with Gasteiger partial charge >= 0.3 is 11.9 Å². The van der Waals surface area contributed by atoms with Crippen LogP contribution in [0, 0.1) is 0 Å². The van der Waals surface area contributed by atoms with Crippen molar-refractivity contribution in [3.63, 3.8) is 0 Å². The van der Waals surface area contributed by atoms with E-state index in [1.54, 1.807) is 0 Å². The van der Waals surface area contributed by atoms with Crippen molar-refractivity contribution < 1.29 is 13.9 Å². The Bertz CT molecular complexity index is 296. The molecule has 1 aromatic heterocycles. The van der Waals surface area contributed by atoms with Crippen LogP contribution in [0.15, 0.2) is 4.42 Å². The van der Waals surface area contributed by atoms with Gasteiger partial charge in [0.15, 0.2) is 0 Å². The Morgan fingerprint density at radius 2 is 2.21 bits per heavy atom. The van der Waals surface area contributed by atoms with Gasteiger partial charge in [-0.05, 0) is 6.42 Å². The number of ether oxygens (including phenoxy) is 1. The minimum atomic E-state index is -0.536. The third-order valence-corrected chi connectivity index (χ3v) is 1.67. The van der Waals surface area contributed by atoms with Gasteiger partial charge in [0.05, 0.1) is 6.61 Å². The van der Waals surface area contributed by atoms with Gasteiger partial charge in [0.1, 0.15) is 0 Å². The Morgan fingerprint density at radius 1 is 1.43 bits per heavy atom. The van der Waals surface area contributed by atoms with E-state index in [4.69, 9.17) is 9.15 Å². The first-order valence-corrected chi connectivity index (χ1v) is 4.77. The summed E-state index contributed by atoms with van der Waals surface area (Å²) >= 11 is 0. The van der Waals surface area contributed by atoms with Crippen LogP contribution >= 0.6 is 0 Å². The molecule has 0 aliphatic rings. The van der Waals surface area contributed by atoms with Crippen molar-refractivity contribution in [1.29, 1.82) is 0 Å². The fraction of sp³-hybridized carbons (Fsp3) is 0.667. The van der Waals surface area contributed by atoms with Crippen LogP contribution in [0.2, 0.25) is 0 Å². The number of carbonyl (C=O) groups excluding carboxylic acids is 1. The van der Waals surface area contributed by atoms with Crippen LogP contribution in [-0.2, 0) is 11.2 Å². The largest absolute Gasteiger partial charge is 0.459 e. The second kappa shape index (κ2) is 5.36. The van der Waals surface area contributed by atoms with Gasteiger partial charge in [-0.25, -0.2) is 4.79 Å².